The van der Waals surface area contributed by atoms with Gasteiger partial charge in [-0.05, 0) is 19.8 Å². The fourth-order valence-corrected chi connectivity index (χ4v) is 0.532. The van der Waals surface area contributed by atoms with Crippen molar-refractivity contribution in [1.29, 1.82) is 0 Å². The van der Waals surface area contributed by atoms with Crippen molar-refractivity contribution in [3.63, 3.8) is 0 Å². The smallest absolute Gasteiger partial charge is 0.151 e. The summed E-state index contributed by atoms with van der Waals surface area (Å²) in [5.74, 6) is -0.124. The molecule has 0 aromatic heterocycles. The van der Waals surface area contributed by atoms with Crippen molar-refractivity contribution in [3.05, 3.63) is 0 Å². The zero-order valence-corrected chi connectivity index (χ0v) is 5.95. The van der Waals surface area contributed by atoms with E-state index in [1.807, 2.05) is 0 Å². The SMILES string of the molecule is CC(=O)C(N)CCC(O)O. The number of aliphatic hydroxyl groups is 2. The van der Waals surface area contributed by atoms with E-state index < -0.39 is 12.3 Å². The summed E-state index contributed by atoms with van der Waals surface area (Å²) < 4.78 is 0. The number of carbonyl (C=O) groups excluding carboxylic acids is 1. The molecular weight excluding hydrogens is 134 g/mol. The third kappa shape index (κ3) is 4.43. The van der Waals surface area contributed by atoms with Gasteiger partial charge in [-0.1, -0.05) is 0 Å². The molecule has 0 fully saturated rings. The second kappa shape index (κ2) is 4.38. The molecule has 0 aromatic carbocycles. The van der Waals surface area contributed by atoms with Gasteiger partial charge in [0, 0.05) is 0 Å². The van der Waals surface area contributed by atoms with Gasteiger partial charge in [0.2, 0.25) is 0 Å². The second-order valence-corrected chi connectivity index (χ2v) is 2.28. The highest BCUT2D eigenvalue weighted by Crippen LogP contribution is 1.97. The first-order valence-corrected chi connectivity index (χ1v) is 3.16. The largest absolute Gasteiger partial charge is 0.368 e. The molecule has 0 radical (unpaired) electrons. The number of aliphatic hydroxyl groups excluding tert-OH is 1. The Kier molecular flexibility index (Phi) is 4.18. The lowest BCUT2D eigenvalue weighted by molar-refractivity contribution is -0.118. The molecule has 4 N–H and O–H groups in total. The number of Topliss-reactive ketones (excluding diaryl/α,β-unsaturated/α-hetero) is 1. The number of hydrogen-bond acceptors (Lipinski definition) is 4. The van der Waals surface area contributed by atoms with E-state index >= 15 is 0 Å². The maximum atomic E-state index is 10.5. The molecule has 0 aliphatic rings. The lowest BCUT2D eigenvalue weighted by atomic mass is 10.1. The lowest BCUT2D eigenvalue weighted by Crippen LogP contribution is -2.29. The highest BCUT2D eigenvalue weighted by molar-refractivity contribution is 5.80. The molecular formula is C6H13NO3. The third-order valence-electron chi connectivity index (χ3n) is 1.26. The number of hydrogen-bond donors (Lipinski definition) is 3. The lowest BCUT2D eigenvalue weighted by Gasteiger charge is -2.07. The van der Waals surface area contributed by atoms with Crippen molar-refractivity contribution in [1.82, 2.24) is 0 Å². The summed E-state index contributed by atoms with van der Waals surface area (Å²) >= 11 is 0. The van der Waals surface area contributed by atoms with Crippen LogP contribution in [0.3, 0.4) is 0 Å². The number of ketones is 1. The van der Waals surface area contributed by atoms with Crippen LogP contribution in [-0.2, 0) is 4.79 Å². The molecule has 60 valence electrons. The predicted molar refractivity (Wildman–Crippen MR) is 36.1 cm³/mol. The Hall–Kier alpha value is -0.450. The molecule has 0 heterocycles. The van der Waals surface area contributed by atoms with Crippen molar-refractivity contribution in [3.8, 4) is 0 Å². The molecule has 4 nitrogen and oxygen atoms in total. The molecule has 0 saturated carbocycles. The molecule has 0 rings (SSSR count). The molecule has 4 heteroatoms. The summed E-state index contributed by atoms with van der Waals surface area (Å²) in [5.41, 5.74) is 5.29. The molecule has 0 amide bonds. The minimum Gasteiger partial charge on any atom is -0.368 e. The first-order valence-electron chi connectivity index (χ1n) is 3.16. The highest BCUT2D eigenvalue weighted by atomic mass is 16.5. The Bertz CT molecular complexity index is 114. The molecule has 0 aromatic rings. The summed E-state index contributed by atoms with van der Waals surface area (Å²) in [6, 6.07) is -0.554. The molecule has 0 aliphatic heterocycles. The second-order valence-electron chi connectivity index (χ2n) is 2.28. The van der Waals surface area contributed by atoms with Crippen LogP contribution < -0.4 is 5.73 Å². The number of nitrogens with two attached hydrogens (primary N) is 1. The predicted octanol–water partition coefficient (Wildman–Crippen LogP) is -1.01. The van der Waals surface area contributed by atoms with Crippen LogP contribution in [0.25, 0.3) is 0 Å². The first-order chi connectivity index (χ1) is 4.54. The molecule has 1 unspecified atom stereocenters. The van der Waals surface area contributed by atoms with Gasteiger partial charge < -0.3 is 15.9 Å². The van der Waals surface area contributed by atoms with Gasteiger partial charge in [0.25, 0.3) is 0 Å². The van der Waals surface area contributed by atoms with E-state index in [4.69, 9.17) is 15.9 Å². The molecule has 0 spiro atoms. The van der Waals surface area contributed by atoms with Crippen molar-refractivity contribution in [2.24, 2.45) is 5.73 Å². The van der Waals surface area contributed by atoms with E-state index in [-0.39, 0.29) is 12.2 Å². The van der Waals surface area contributed by atoms with E-state index in [2.05, 4.69) is 0 Å². The quantitative estimate of drug-likeness (QED) is 0.445. The standard InChI is InChI=1S/C6H13NO3/c1-4(8)5(7)2-3-6(9)10/h5-6,9-10H,2-3,7H2,1H3. The fraction of sp³-hybridized carbons (Fsp3) is 0.833. The Labute approximate surface area is 59.7 Å². The van der Waals surface area contributed by atoms with Crippen LogP contribution in [0, 0.1) is 0 Å². The van der Waals surface area contributed by atoms with Crippen LogP contribution in [0.2, 0.25) is 0 Å². The summed E-state index contributed by atoms with van der Waals surface area (Å²) in [5, 5.41) is 16.7. The highest BCUT2D eigenvalue weighted by Gasteiger charge is 2.08. The average Bonchev–Trinajstić information content (AvgIpc) is 1.82. The minimum atomic E-state index is -1.36. The first kappa shape index (κ1) is 9.55. The average molecular weight is 147 g/mol. The van der Waals surface area contributed by atoms with Crippen LogP contribution >= 0.6 is 0 Å². The van der Waals surface area contributed by atoms with Gasteiger partial charge in [-0.25, -0.2) is 0 Å². The van der Waals surface area contributed by atoms with Gasteiger partial charge >= 0.3 is 0 Å². The van der Waals surface area contributed by atoms with Gasteiger partial charge in [-0.2, -0.15) is 0 Å². The fourth-order valence-electron chi connectivity index (χ4n) is 0.532. The minimum absolute atomic E-state index is 0.124. The van der Waals surface area contributed by atoms with Crippen molar-refractivity contribution >= 4 is 5.78 Å². The van der Waals surface area contributed by atoms with Crippen LogP contribution in [0.4, 0.5) is 0 Å². The Balaban J connectivity index is 3.40. The van der Waals surface area contributed by atoms with Gasteiger partial charge in [0.15, 0.2) is 6.29 Å². The monoisotopic (exact) mass is 147 g/mol. The van der Waals surface area contributed by atoms with Crippen LogP contribution in [0.1, 0.15) is 19.8 Å². The molecule has 0 bridgehead atoms. The number of carbonyl (C=O) groups is 1. The van der Waals surface area contributed by atoms with E-state index in [0.29, 0.717) is 6.42 Å². The van der Waals surface area contributed by atoms with Crippen molar-refractivity contribution < 1.29 is 15.0 Å². The Morgan fingerprint density at radius 2 is 2.00 bits per heavy atom. The van der Waals surface area contributed by atoms with E-state index in [0.717, 1.165) is 0 Å². The topological polar surface area (TPSA) is 83.6 Å². The normalized spacial score (nSPS) is 13.7. The van der Waals surface area contributed by atoms with Crippen molar-refractivity contribution in [2.75, 3.05) is 0 Å². The van der Waals surface area contributed by atoms with E-state index in [1.54, 1.807) is 0 Å². The molecule has 10 heavy (non-hydrogen) atoms. The summed E-state index contributed by atoms with van der Waals surface area (Å²) in [4.78, 5) is 10.5. The molecule has 0 aliphatic carbocycles. The Morgan fingerprint density at radius 1 is 1.50 bits per heavy atom. The molecule has 1 atom stereocenters. The zero-order chi connectivity index (χ0) is 8.15. The van der Waals surface area contributed by atoms with Gasteiger partial charge in [-0.15, -0.1) is 0 Å². The van der Waals surface area contributed by atoms with Gasteiger partial charge in [-0.3, -0.25) is 4.79 Å². The summed E-state index contributed by atoms with van der Waals surface area (Å²) in [6.07, 6.45) is -0.876. The van der Waals surface area contributed by atoms with E-state index in [1.165, 1.54) is 6.92 Å². The molecule has 0 saturated heterocycles. The van der Waals surface area contributed by atoms with Crippen LogP contribution in [0.5, 0.6) is 0 Å². The van der Waals surface area contributed by atoms with E-state index in [9.17, 15) is 4.79 Å². The summed E-state index contributed by atoms with van der Waals surface area (Å²) in [6.45, 7) is 1.38. The number of rotatable bonds is 4. The Morgan fingerprint density at radius 3 is 2.30 bits per heavy atom. The van der Waals surface area contributed by atoms with Crippen LogP contribution in [-0.4, -0.2) is 28.3 Å². The third-order valence-corrected chi connectivity index (χ3v) is 1.26. The van der Waals surface area contributed by atoms with Crippen LogP contribution in [0.15, 0.2) is 0 Å². The van der Waals surface area contributed by atoms with Gasteiger partial charge in [0.1, 0.15) is 5.78 Å². The van der Waals surface area contributed by atoms with Crippen molar-refractivity contribution in [2.45, 2.75) is 32.1 Å². The maximum absolute atomic E-state index is 10.5. The van der Waals surface area contributed by atoms with Gasteiger partial charge in [0.05, 0.1) is 6.04 Å². The zero-order valence-electron chi connectivity index (χ0n) is 5.95. The maximum Gasteiger partial charge on any atom is 0.151 e. The summed E-state index contributed by atoms with van der Waals surface area (Å²) in [7, 11) is 0.